The highest BCUT2D eigenvalue weighted by Crippen LogP contribution is 2.30. The summed E-state index contributed by atoms with van der Waals surface area (Å²) in [6.45, 7) is 9.01. The number of hydrogen-bond donors (Lipinski definition) is 0. The number of carbonyl (C=O) groups excluding carboxylic acids is 3. The Bertz CT molecular complexity index is 897. The molecule has 0 spiro atoms. The van der Waals surface area contributed by atoms with Crippen LogP contribution in [0.5, 0.6) is 0 Å². The zero-order valence-corrected chi connectivity index (χ0v) is 19.4. The van der Waals surface area contributed by atoms with Gasteiger partial charge in [0, 0.05) is 25.9 Å². The van der Waals surface area contributed by atoms with Crippen molar-refractivity contribution in [2.45, 2.75) is 40.0 Å². The van der Waals surface area contributed by atoms with Gasteiger partial charge in [-0.1, -0.05) is 38.2 Å². The predicted molar refractivity (Wildman–Crippen MR) is 122 cm³/mol. The fourth-order valence-corrected chi connectivity index (χ4v) is 4.49. The molecule has 1 fully saturated rings. The number of aryl methyl sites for hydroxylation is 1. The summed E-state index contributed by atoms with van der Waals surface area (Å²) in [5, 5.41) is 0.615. The van der Waals surface area contributed by atoms with Gasteiger partial charge in [0.15, 0.2) is 5.13 Å². The van der Waals surface area contributed by atoms with Crippen LogP contribution in [-0.2, 0) is 20.8 Å². The lowest BCUT2D eigenvalue weighted by atomic mass is 10.2. The molecular formula is C21H29ClN4O3S. The molecule has 1 aromatic heterocycles. The maximum atomic E-state index is 13.1. The minimum absolute atomic E-state index is 0. The highest BCUT2D eigenvalue weighted by atomic mass is 35.5. The SMILES string of the molecule is CCc1ccc2nc(N(CCN(CC)CC)C(=O)CN3C(=O)CCC3=O)sc2c1.Cl. The molecule has 1 aromatic carbocycles. The molecule has 0 unspecified atom stereocenters. The Morgan fingerprint density at radius 3 is 2.37 bits per heavy atom. The summed E-state index contributed by atoms with van der Waals surface area (Å²) in [6.07, 6.45) is 1.31. The van der Waals surface area contributed by atoms with Gasteiger partial charge in [-0.2, -0.15) is 0 Å². The maximum Gasteiger partial charge on any atom is 0.248 e. The number of carbonyl (C=O) groups is 3. The van der Waals surface area contributed by atoms with E-state index in [4.69, 9.17) is 0 Å². The molecule has 9 heteroatoms. The van der Waals surface area contributed by atoms with Crippen molar-refractivity contribution in [1.29, 1.82) is 0 Å². The average Bonchev–Trinajstić information content (AvgIpc) is 3.28. The number of imide groups is 1. The van der Waals surface area contributed by atoms with E-state index < -0.39 is 0 Å². The third-order valence-electron chi connectivity index (χ3n) is 5.36. The Morgan fingerprint density at radius 2 is 1.77 bits per heavy atom. The number of fused-ring (bicyclic) bond motifs is 1. The molecule has 2 aromatic rings. The molecule has 1 saturated heterocycles. The molecule has 3 rings (SSSR count). The molecule has 0 radical (unpaired) electrons. The van der Waals surface area contributed by atoms with Crippen LogP contribution >= 0.6 is 23.7 Å². The third-order valence-corrected chi connectivity index (χ3v) is 6.41. The van der Waals surface area contributed by atoms with Gasteiger partial charge in [-0.25, -0.2) is 4.98 Å². The molecule has 1 aliphatic heterocycles. The summed E-state index contributed by atoms with van der Waals surface area (Å²) in [7, 11) is 0. The van der Waals surface area contributed by atoms with E-state index in [1.54, 1.807) is 4.90 Å². The number of likely N-dealkylation sites (tertiary alicyclic amines) is 1. The number of likely N-dealkylation sites (N-methyl/N-ethyl adjacent to an activating group) is 1. The highest BCUT2D eigenvalue weighted by molar-refractivity contribution is 7.22. The quantitative estimate of drug-likeness (QED) is 0.546. The second-order valence-electron chi connectivity index (χ2n) is 7.10. The van der Waals surface area contributed by atoms with Crippen LogP contribution in [0.2, 0.25) is 0 Å². The molecule has 0 N–H and O–H groups in total. The first-order chi connectivity index (χ1) is 14.0. The lowest BCUT2D eigenvalue weighted by Gasteiger charge is -2.26. The third kappa shape index (κ3) is 5.36. The molecule has 30 heavy (non-hydrogen) atoms. The van der Waals surface area contributed by atoms with Crippen molar-refractivity contribution in [2.24, 2.45) is 0 Å². The van der Waals surface area contributed by atoms with E-state index in [1.165, 1.54) is 16.9 Å². The summed E-state index contributed by atoms with van der Waals surface area (Å²) in [5.74, 6) is -0.816. The van der Waals surface area contributed by atoms with E-state index in [2.05, 4.69) is 42.8 Å². The van der Waals surface area contributed by atoms with Crippen molar-refractivity contribution < 1.29 is 14.4 Å². The van der Waals surface area contributed by atoms with Crippen LogP contribution in [0.4, 0.5) is 5.13 Å². The van der Waals surface area contributed by atoms with Gasteiger partial charge in [0.05, 0.1) is 10.2 Å². The highest BCUT2D eigenvalue weighted by Gasteiger charge is 2.32. The Hall–Kier alpha value is -2.03. The van der Waals surface area contributed by atoms with Crippen LogP contribution in [0.1, 0.15) is 39.2 Å². The number of aromatic nitrogens is 1. The van der Waals surface area contributed by atoms with Crippen LogP contribution < -0.4 is 4.90 Å². The number of halogens is 1. The lowest BCUT2D eigenvalue weighted by Crippen LogP contribution is -2.45. The number of amides is 3. The van der Waals surface area contributed by atoms with Crippen molar-refractivity contribution in [3.05, 3.63) is 23.8 Å². The van der Waals surface area contributed by atoms with Crippen molar-refractivity contribution >= 4 is 56.8 Å². The molecule has 7 nitrogen and oxygen atoms in total. The zero-order valence-electron chi connectivity index (χ0n) is 17.7. The normalized spacial score (nSPS) is 13.9. The Kier molecular flexibility index (Phi) is 8.76. The van der Waals surface area contributed by atoms with E-state index >= 15 is 0 Å². The van der Waals surface area contributed by atoms with Gasteiger partial charge < -0.3 is 4.90 Å². The van der Waals surface area contributed by atoms with Gasteiger partial charge in [0.2, 0.25) is 17.7 Å². The molecule has 0 bridgehead atoms. The molecule has 1 aliphatic rings. The lowest BCUT2D eigenvalue weighted by molar-refractivity contribution is -0.141. The van der Waals surface area contributed by atoms with E-state index in [9.17, 15) is 14.4 Å². The van der Waals surface area contributed by atoms with Crippen molar-refractivity contribution in [1.82, 2.24) is 14.8 Å². The Morgan fingerprint density at radius 1 is 1.10 bits per heavy atom. The monoisotopic (exact) mass is 452 g/mol. The first-order valence-electron chi connectivity index (χ1n) is 10.2. The van der Waals surface area contributed by atoms with E-state index in [0.29, 0.717) is 18.2 Å². The molecular weight excluding hydrogens is 424 g/mol. The molecule has 3 amide bonds. The van der Waals surface area contributed by atoms with E-state index in [-0.39, 0.29) is 49.5 Å². The predicted octanol–water partition coefficient (Wildman–Crippen LogP) is 3.10. The molecule has 0 aliphatic carbocycles. The Labute approximate surface area is 187 Å². The summed E-state index contributed by atoms with van der Waals surface area (Å²) < 4.78 is 1.04. The van der Waals surface area contributed by atoms with E-state index in [0.717, 1.165) is 34.6 Å². The van der Waals surface area contributed by atoms with Crippen LogP contribution in [0, 0.1) is 0 Å². The van der Waals surface area contributed by atoms with Crippen LogP contribution in [-0.4, -0.2) is 65.2 Å². The second kappa shape index (κ2) is 10.8. The molecule has 164 valence electrons. The van der Waals surface area contributed by atoms with E-state index in [1.807, 2.05) is 6.07 Å². The topological polar surface area (TPSA) is 73.8 Å². The number of rotatable bonds is 9. The van der Waals surface area contributed by atoms with Gasteiger partial charge in [-0.15, -0.1) is 12.4 Å². The van der Waals surface area contributed by atoms with Crippen molar-refractivity contribution in [2.75, 3.05) is 37.6 Å². The fourth-order valence-electron chi connectivity index (χ4n) is 3.42. The Balaban J connectivity index is 0.00000320. The fraction of sp³-hybridized carbons (Fsp3) is 0.524. The van der Waals surface area contributed by atoms with Crippen LogP contribution in [0.3, 0.4) is 0 Å². The molecule has 2 heterocycles. The van der Waals surface area contributed by atoms with Crippen LogP contribution in [0.25, 0.3) is 10.2 Å². The maximum absolute atomic E-state index is 13.1. The van der Waals surface area contributed by atoms with Gasteiger partial charge >= 0.3 is 0 Å². The minimum atomic E-state index is -0.274. The molecule has 0 atom stereocenters. The first-order valence-corrected chi connectivity index (χ1v) is 11.0. The number of anilines is 1. The number of nitrogens with zero attached hydrogens (tertiary/aromatic N) is 4. The van der Waals surface area contributed by atoms with Gasteiger partial charge in [-0.05, 0) is 37.2 Å². The van der Waals surface area contributed by atoms with Crippen molar-refractivity contribution in [3.63, 3.8) is 0 Å². The van der Waals surface area contributed by atoms with Gasteiger partial charge in [0.1, 0.15) is 6.54 Å². The summed E-state index contributed by atoms with van der Waals surface area (Å²) in [4.78, 5) is 46.6. The first kappa shape index (κ1) is 24.2. The summed E-state index contributed by atoms with van der Waals surface area (Å²) >= 11 is 1.48. The summed E-state index contributed by atoms with van der Waals surface area (Å²) in [6, 6.07) is 6.14. The smallest absolute Gasteiger partial charge is 0.248 e. The number of benzene rings is 1. The standard InChI is InChI=1S/C21H28N4O3S.ClH/c1-4-15-7-8-16-17(13-15)29-21(22-16)24(12-11-23(5-2)6-3)20(28)14-25-18(26)9-10-19(25)27;/h7-8,13H,4-6,9-12,14H2,1-3H3;1H. The number of hydrogen-bond acceptors (Lipinski definition) is 6. The van der Waals surface area contributed by atoms with Crippen LogP contribution in [0.15, 0.2) is 18.2 Å². The van der Waals surface area contributed by atoms with Gasteiger partial charge in [0.25, 0.3) is 0 Å². The largest absolute Gasteiger partial charge is 0.302 e. The summed E-state index contributed by atoms with van der Waals surface area (Å²) in [5.41, 5.74) is 2.08. The minimum Gasteiger partial charge on any atom is -0.302 e. The van der Waals surface area contributed by atoms with Crippen molar-refractivity contribution in [3.8, 4) is 0 Å². The second-order valence-corrected chi connectivity index (χ2v) is 8.11. The average molecular weight is 453 g/mol. The molecule has 0 saturated carbocycles. The zero-order chi connectivity index (χ0) is 21.0. The number of thiazole rings is 1. The van der Waals surface area contributed by atoms with Gasteiger partial charge in [-0.3, -0.25) is 24.2 Å².